The number of carbonyl (C=O) groups is 1. The smallest absolute Gasteiger partial charge is 0.229 e. The number of rotatable bonds is 3. The third-order valence-corrected chi connectivity index (χ3v) is 4.15. The van der Waals surface area contributed by atoms with Gasteiger partial charge in [0.25, 0.3) is 0 Å². The standard InChI is InChI=1S/C15H15ClO3/c1-18-15(6-2-3-7-15)14(17)13-9-10-8-11(16)4-5-12(10)19-13/h4-5,8-9H,2-3,6-7H2,1H3. The number of carbonyl (C=O) groups excluding carboxylic acids is 1. The maximum absolute atomic E-state index is 12.6. The molecule has 0 saturated heterocycles. The third kappa shape index (κ3) is 2.07. The first-order valence-electron chi connectivity index (χ1n) is 6.44. The molecule has 0 spiro atoms. The number of hydrogen-bond donors (Lipinski definition) is 0. The molecule has 1 heterocycles. The second kappa shape index (κ2) is 4.66. The van der Waals surface area contributed by atoms with Gasteiger partial charge >= 0.3 is 0 Å². The molecule has 0 atom stereocenters. The van der Waals surface area contributed by atoms with Gasteiger partial charge in [0.1, 0.15) is 11.2 Å². The highest BCUT2D eigenvalue weighted by molar-refractivity contribution is 6.31. The summed E-state index contributed by atoms with van der Waals surface area (Å²) in [6, 6.07) is 7.08. The first kappa shape index (κ1) is 12.7. The minimum Gasteiger partial charge on any atom is -0.453 e. The van der Waals surface area contributed by atoms with Gasteiger partial charge in [-0.05, 0) is 49.9 Å². The SMILES string of the molecule is COC1(C(=O)c2cc3cc(Cl)ccc3o2)CCCC1. The quantitative estimate of drug-likeness (QED) is 0.789. The van der Waals surface area contributed by atoms with Crippen molar-refractivity contribution in [3.05, 3.63) is 35.0 Å². The molecule has 1 aromatic carbocycles. The van der Waals surface area contributed by atoms with E-state index in [-0.39, 0.29) is 5.78 Å². The molecule has 100 valence electrons. The van der Waals surface area contributed by atoms with Crippen LogP contribution in [0.5, 0.6) is 0 Å². The van der Waals surface area contributed by atoms with Crippen LogP contribution in [0.4, 0.5) is 0 Å². The van der Waals surface area contributed by atoms with Crippen LogP contribution in [0.15, 0.2) is 28.7 Å². The summed E-state index contributed by atoms with van der Waals surface area (Å²) < 4.78 is 11.1. The number of ketones is 1. The van der Waals surface area contributed by atoms with Crippen LogP contribution in [0.25, 0.3) is 11.0 Å². The van der Waals surface area contributed by atoms with Crippen LogP contribution in [0.2, 0.25) is 5.02 Å². The number of Topliss-reactive ketones (excluding diaryl/α,β-unsaturated/α-hetero) is 1. The van der Waals surface area contributed by atoms with Gasteiger partial charge in [-0.25, -0.2) is 0 Å². The lowest BCUT2D eigenvalue weighted by atomic mass is 9.94. The second-order valence-electron chi connectivity index (χ2n) is 5.03. The molecular formula is C15H15ClO3. The van der Waals surface area contributed by atoms with Crippen molar-refractivity contribution in [1.82, 2.24) is 0 Å². The van der Waals surface area contributed by atoms with E-state index in [2.05, 4.69) is 0 Å². The molecule has 0 N–H and O–H groups in total. The molecule has 1 aliphatic carbocycles. The van der Waals surface area contributed by atoms with Crippen LogP contribution >= 0.6 is 11.6 Å². The Kier molecular flexibility index (Phi) is 3.11. The van der Waals surface area contributed by atoms with E-state index in [1.54, 1.807) is 31.4 Å². The van der Waals surface area contributed by atoms with Crippen molar-refractivity contribution in [2.75, 3.05) is 7.11 Å². The van der Waals surface area contributed by atoms with Gasteiger partial charge in [-0.1, -0.05) is 11.6 Å². The van der Waals surface area contributed by atoms with Crippen molar-refractivity contribution in [3.8, 4) is 0 Å². The van der Waals surface area contributed by atoms with Gasteiger partial charge in [0, 0.05) is 17.5 Å². The fourth-order valence-electron chi connectivity index (χ4n) is 2.82. The Bertz CT molecular complexity index is 623. The van der Waals surface area contributed by atoms with Gasteiger partial charge in [0.15, 0.2) is 5.76 Å². The number of methoxy groups -OCH3 is 1. The van der Waals surface area contributed by atoms with E-state index in [9.17, 15) is 4.79 Å². The molecule has 0 aliphatic heterocycles. The summed E-state index contributed by atoms with van der Waals surface area (Å²) in [4.78, 5) is 12.6. The Morgan fingerprint density at radius 3 is 2.74 bits per heavy atom. The molecule has 3 rings (SSSR count). The minimum absolute atomic E-state index is 0.0557. The lowest BCUT2D eigenvalue weighted by Gasteiger charge is -2.24. The van der Waals surface area contributed by atoms with Crippen LogP contribution in [0, 0.1) is 0 Å². The van der Waals surface area contributed by atoms with E-state index < -0.39 is 5.60 Å². The summed E-state index contributed by atoms with van der Waals surface area (Å²) in [6.07, 6.45) is 3.57. The lowest BCUT2D eigenvalue weighted by Crippen LogP contribution is -2.37. The van der Waals surface area contributed by atoms with E-state index in [4.69, 9.17) is 20.8 Å². The topological polar surface area (TPSA) is 39.4 Å². The predicted molar refractivity (Wildman–Crippen MR) is 73.8 cm³/mol. The Labute approximate surface area is 116 Å². The zero-order valence-electron chi connectivity index (χ0n) is 10.7. The van der Waals surface area contributed by atoms with Gasteiger partial charge in [0.2, 0.25) is 5.78 Å². The number of fused-ring (bicyclic) bond motifs is 1. The monoisotopic (exact) mass is 278 g/mol. The van der Waals surface area contributed by atoms with Gasteiger partial charge < -0.3 is 9.15 Å². The van der Waals surface area contributed by atoms with E-state index in [0.717, 1.165) is 31.1 Å². The third-order valence-electron chi connectivity index (χ3n) is 3.92. The molecular weight excluding hydrogens is 264 g/mol. The number of ether oxygens (including phenoxy) is 1. The summed E-state index contributed by atoms with van der Waals surface area (Å²) in [5.41, 5.74) is -0.0190. The molecule has 0 unspecified atom stereocenters. The molecule has 1 aromatic heterocycles. The number of benzene rings is 1. The Morgan fingerprint density at radius 2 is 2.05 bits per heavy atom. The number of hydrogen-bond acceptors (Lipinski definition) is 3. The van der Waals surface area contributed by atoms with Crippen molar-refractivity contribution in [2.24, 2.45) is 0 Å². The van der Waals surface area contributed by atoms with E-state index >= 15 is 0 Å². The Balaban J connectivity index is 2.01. The van der Waals surface area contributed by atoms with E-state index in [1.165, 1.54) is 0 Å². The van der Waals surface area contributed by atoms with E-state index in [1.807, 2.05) is 0 Å². The zero-order valence-corrected chi connectivity index (χ0v) is 11.5. The molecule has 1 fully saturated rings. The van der Waals surface area contributed by atoms with Crippen molar-refractivity contribution < 1.29 is 13.9 Å². The minimum atomic E-state index is -0.697. The predicted octanol–water partition coefficient (Wildman–Crippen LogP) is 4.23. The highest BCUT2D eigenvalue weighted by Crippen LogP contribution is 2.36. The van der Waals surface area contributed by atoms with Crippen molar-refractivity contribution >= 4 is 28.4 Å². The highest BCUT2D eigenvalue weighted by Gasteiger charge is 2.43. The van der Waals surface area contributed by atoms with Crippen LogP contribution in [0.3, 0.4) is 0 Å². The van der Waals surface area contributed by atoms with Gasteiger partial charge in [0.05, 0.1) is 0 Å². The van der Waals surface area contributed by atoms with Crippen molar-refractivity contribution in [3.63, 3.8) is 0 Å². The number of halogens is 1. The molecule has 0 radical (unpaired) electrons. The van der Waals surface area contributed by atoms with Crippen LogP contribution in [0.1, 0.15) is 36.2 Å². The molecule has 19 heavy (non-hydrogen) atoms. The van der Waals surface area contributed by atoms with Crippen molar-refractivity contribution in [1.29, 1.82) is 0 Å². The first-order valence-corrected chi connectivity index (χ1v) is 6.81. The molecule has 4 heteroatoms. The van der Waals surface area contributed by atoms with Crippen LogP contribution in [-0.2, 0) is 4.74 Å². The molecule has 1 saturated carbocycles. The maximum Gasteiger partial charge on any atom is 0.229 e. The first-order chi connectivity index (χ1) is 9.14. The maximum atomic E-state index is 12.6. The molecule has 3 nitrogen and oxygen atoms in total. The van der Waals surface area contributed by atoms with Gasteiger partial charge in [-0.2, -0.15) is 0 Å². The Hall–Kier alpha value is -1.32. The summed E-state index contributed by atoms with van der Waals surface area (Å²) in [7, 11) is 1.60. The van der Waals surface area contributed by atoms with Crippen LogP contribution < -0.4 is 0 Å². The normalized spacial score (nSPS) is 18.0. The molecule has 0 bridgehead atoms. The fourth-order valence-corrected chi connectivity index (χ4v) is 3.00. The second-order valence-corrected chi connectivity index (χ2v) is 5.46. The number of furan rings is 1. The summed E-state index contributed by atoms with van der Waals surface area (Å²) in [5, 5.41) is 1.48. The summed E-state index contributed by atoms with van der Waals surface area (Å²) in [6.45, 7) is 0. The highest BCUT2D eigenvalue weighted by atomic mass is 35.5. The largest absolute Gasteiger partial charge is 0.453 e. The van der Waals surface area contributed by atoms with Gasteiger partial charge in [-0.3, -0.25) is 4.79 Å². The lowest BCUT2D eigenvalue weighted by molar-refractivity contribution is 0.00402. The molecule has 2 aromatic rings. The average Bonchev–Trinajstić information content (AvgIpc) is 3.04. The summed E-state index contributed by atoms with van der Waals surface area (Å²) >= 11 is 5.94. The molecule has 0 amide bonds. The Morgan fingerprint density at radius 1 is 1.32 bits per heavy atom. The summed E-state index contributed by atoms with van der Waals surface area (Å²) in [5.74, 6) is 0.306. The zero-order chi connectivity index (χ0) is 13.5. The van der Waals surface area contributed by atoms with Crippen molar-refractivity contribution in [2.45, 2.75) is 31.3 Å². The fraction of sp³-hybridized carbons (Fsp3) is 0.400. The van der Waals surface area contributed by atoms with E-state index in [0.29, 0.717) is 16.4 Å². The molecule has 1 aliphatic rings. The van der Waals surface area contributed by atoms with Crippen LogP contribution in [-0.4, -0.2) is 18.5 Å². The van der Waals surface area contributed by atoms with Gasteiger partial charge in [-0.15, -0.1) is 0 Å². The average molecular weight is 279 g/mol.